The molecule has 1 aromatic heterocycles. The van der Waals surface area contributed by atoms with Crippen molar-refractivity contribution in [2.75, 3.05) is 0 Å². The van der Waals surface area contributed by atoms with Gasteiger partial charge in [-0.15, -0.1) is 0 Å². The number of carbonyl (C=O) groups excluding carboxylic acids is 1. The molecule has 5 nitrogen and oxygen atoms in total. The Morgan fingerprint density at radius 1 is 1.44 bits per heavy atom. The van der Waals surface area contributed by atoms with Crippen molar-refractivity contribution in [3.8, 4) is 5.69 Å². The second-order valence-corrected chi connectivity index (χ2v) is 3.97. The maximum atomic E-state index is 13.7. The second kappa shape index (κ2) is 4.58. The van der Waals surface area contributed by atoms with E-state index in [1.807, 2.05) is 0 Å². The summed E-state index contributed by atoms with van der Waals surface area (Å²) in [5, 5.41) is 3.98. The number of rotatable bonds is 3. The third kappa shape index (κ3) is 2.10. The van der Waals surface area contributed by atoms with Crippen LogP contribution in [0.5, 0.6) is 0 Å². The van der Waals surface area contributed by atoms with Gasteiger partial charge in [-0.05, 0) is 25.1 Å². The SMILES string of the molecule is C[C@H](N)c1c(F)cccc1-n1ccc(C(N)=O)n1. The lowest BCUT2D eigenvalue weighted by molar-refractivity contribution is 0.0995. The van der Waals surface area contributed by atoms with Crippen LogP contribution in [0, 0.1) is 5.82 Å². The van der Waals surface area contributed by atoms with Gasteiger partial charge in [-0.25, -0.2) is 9.07 Å². The summed E-state index contributed by atoms with van der Waals surface area (Å²) in [6.07, 6.45) is 1.54. The first kappa shape index (κ1) is 12.3. The molecule has 0 bridgehead atoms. The third-order valence-corrected chi connectivity index (χ3v) is 2.57. The Kier molecular flexibility index (Phi) is 3.12. The molecule has 1 aromatic carbocycles. The molecule has 1 amide bonds. The lowest BCUT2D eigenvalue weighted by Crippen LogP contribution is -2.14. The maximum Gasteiger partial charge on any atom is 0.269 e. The van der Waals surface area contributed by atoms with Crippen molar-refractivity contribution in [2.24, 2.45) is 11.5 Å². The minimum atomic E-state index is -0.632. The monoisotopic (exact) mass is 248 g/mol. The fourth-order valence-electron chi connectivity index (χ4n) is 1.77. The molecule has 0 aliphatic heterocycles. The van der Waals surface area contributed by atoms with Crippen LogP contribution in [0.15, 0.2) is 30.5 Å². The number of primary amides is 1. The van der Waals surface area contributed by atoms with Crippen molar-refractivity contribution in [3.63, 3.8) is 0 Å². The van der Waals surface area contributed by atoms with Gasteiger partial charge in [-0.3, -0.25) is 4.79 Å². The van der Waals surface area contributed by atoms with E-state index in [0.717, 1.165) is 0 Å². The number of carbonyl (C=O) groups is 1. The molecule has 1 heterocycles. The second-order valence-electron chi connectivity index (χ2n) is 3.97. The molecule has 0 spiro atoms. The predicted molar refractivity (Wildman–Crippen MR) is 64.6 cm³/mol. The molecular formula is C12H13FN4O. The Balaban J connectivity index is 2.56. The van der Waals surface area contributed by atoms with Crippen LogP contribution >= 0.6 is 0 Å². The van der Waals surface area contributed by atoms with Crippen LogP contribution in [0.4, 0.5) is 4.39 Å². The number of hydrogen-bond donors (Lipinski definition) is 2. The molecule has 0 aliphatic carbocycles. The number of hydrogen-bond acceptors (Lipinski definition) is 3. The summed E-state index contributed by atoms with van der Waals surface area (Å²) in [6.45, 7) is 1.68. The number of halogens is 1. The van der Waals surface area contributed by atoms with Crippen LogP contribution in [-0.4, -0.2) is 15.7 Å². The summed E-state index contributed by atoms with van der Waals surface area (Å²) in [5.74, 6) is -1.04. The highest BCUT2D eigenvalue weighted by Gasteiger charge is 2.15. The van der Waals surface area contributed by atoms with E-state index in [9.17, 15) is 9.18 Å². The Hall–Kier alpha value is -2.21. The molecular weight excluding hydrogens is 235 g/mol. The highest BCUT2D eigenvalue weighted by atomic mass is 19.1. The van der Waals surface area contributed by atoms with Crippen LogP contribution in [0.1, 0.15) is 29.0 Å². The van der Waals surface area contributed by atoms with Crippen LogP contribution < -0.4 is 11.5 Å². The number of aromatic nitrogens is 2. The van der Waals surface area contributed by atoms with Crippen molar-refractivity contribution in [1.29, 1.82) is 0 Å². The van der Waals surface area contributed by atoms with E-state index in [4.69, 9.17) is 11.5 Å². The average Bonchev–Trinajstić information content (AvgIpc) is 2.77. The third-order valence-electron chi connectivity index (χ3n) is 2.57. The number of amides is 1. The minimum Gasteiger partial charge on any atom is -0.364 e. The van der Waals surface area contributed by atoms with E-state index in [2.05, 4.69) is 5.10 Å². The van der Waals surface area contributed by atoms with E-state index in [1.165, 1.54) is 16.8 Å². The minimum absolute atomic E-state index is 0.120. The summed E-state index contributed by atoms with van der Waals surface area (Å²) in [6, 6.07) is 5.56. The summed E-state index contributed by atoms with van der Waals surface area (Å²) in [7, 11) is 0. The predicted octanol–water partition coefficient (Wildman–Crippen LogP) is 1.13. The molecule has 2 rings (SSSR count). The molecule has 94 valence electrons. The quantitative estimate of drug-likeness (QED) is 0.853. The van der Waals surface area contributed by atoms with E-state index < -0.39 is 17.8 Å². The lowest BCUT2D eigenvalue weighted by atomic mass is 10.1. The Morgan fingerprint density at radius 2 is 2.17 bits per heavy atom. The molecule has 4 N–H and O–H groups in total. The van der Waals surface area contributed by atoms with Crippen LogP contribution in [0.25, 0.3) is 5.69 Å². The highest BCUT2D eigenvalue weighted by Crippen LogP contribution is 2.22. The zero-order valence-electron chi connectivity index (χ0n) is 9.80. The van der Waals surface area contributed by atoms with E-state index in [0.29, 0.717) is 11.3 Å². The number of nitrogens with two attached hydrogens (primary N) is 2. The molecule has 18 heavy (non-hydrogen) atoms. The molecule has 0 aliphatic rings. The van der Waals surface area contributed by atoms with E-state index >= 15 is 0 Å². The van der Waals surface area contributed by atoms with Gasteiger partial charge in [0.2, 0.25) is 0 Å². The van der Waals surface area contributed by atoms with Crippen molar-refractivity contribution >= 4 is 5.91 Å². The van der Waals surface area contributed by atoms with Gasteiger partial charge in [0.25, 0.3) is 5.91 Å². The molecule has 2 aromatic rings. The van der Waals surface area contributed by atoms with Crippen molar-refractivity contribution in [3.05, 3.63) is 47.5 Å². The fourth-order valence-corrected chi connectivity index (χ4v) is 1.77. The lowest BCUT2D eigenvalue weighted by Gasteiger charge is -2.13. The summed E-state index contributed by atoms with van der Waals surface area (Å²) in [4.78, 5) is 11.0. The topological polar surface area (TPSA) is 86.9 Å². The standard InChI is InChI=1S/C12H13FN4O/c1-7(14)11-8(13)3-2-4-10(11)17-6-5-9(16-17)12(15)18/h2-7H,14H2,1H3,(H2,15,18)/t7-/m0/s1. The van der Waals surface area contributed by atoms with Gasteiger partial charge in [0, 0.05) is 17.8 Å². The van der Waals surface area contributed by atoms with Crippen molar-refractivity contribution in [2.45, 2.75) is 13.0 Å². The van der Waals surface area contributed by atoms with E-state index in [1.54, 1.807) is 25.3 Å². The number of benzene rings is 1. The summed E-state index contributed by atoms with van der Waals surface area (Å²) < 4.78 is 15.1. The van der Waals surface area contributed by atoms with Crippen molar-refractivity contribution in [1.82, 2.24) is 9.78 Å². The summed E-state index contributed by atoms with van der Waals surface area (Å²) in [5.41, 5.74) is 11.8. The molecule has 0 unspecified atom stereocenters. The molecule has 0 fully saturated rings. The summed E-state index contributed by atoms with van der Waals surface area (Å²) >= 11 is 0. The Labute approximate surface area is 103 Å². The van der Waals surface area contributed by atoms with Crippen LogP contribution in [-0.2, 0) is 0 Å². The first-order valence-electron chi connectivity index (χ1n) is 5.40. The largest absolute Gasteiger partial charge is 0.364 e. The normalized spacial score (nSPS) is 12.4. The van der Waals surface area contributed by atoms with Gasteiger partial charge in [0.15, 0.2) is 0 Å². The van der Waals surface area contributed by atoms with Gasteiger partial charge in [0.1, 0.15) is 11.5 Å². The first-order valence-corrected chi connectivity index (χ1v) is 5.40. The van der Waals surface area contributed by atoms with Gasteiger partial charge in [0.05, 0.1) is 5.69 Å². The first-order chi connectivity index (χ1) is 8.50. The van der Waals surface area contributed by atoms with Gasteiger partial charge >= 0.3 is 0 Å². The molecule has 0 saturated heterocycles. The molecule has 6 heteroatoms. The Bertz CT molecular complexity index is 592. The fraction of sp³-hybridized carbons (Fsp3) is 0.167. The zero-order valence-corrected chi connectivity index (χ0v) is 9.80. The molecule has 1 atom stereocenters. The van der Waals surface area contributed by atoms with Gasteiger partial charge in [-0.2, -0.15) is 5.10 Å². The van der Waals surface area contributed by atoms with Gasteiger partial charge < -0.3 is 11.5 Å². The highest BCUT2D eigenvalue weighted by molar-refractivity contribution is 5.90. The molecule has 0 radical (unpaired) electrons. The molecule has 0 saturated carbocycles. The van der Waals surface area contributed by atoms with Crippen LogP contribution in [0.3, 0.4) is 0 Å². The van der Waals surface area contributed by atoms with E-state index in [-0.39, 0.29) is 5.69 Å². The number of nitrogens with zero attached hydrogens (tertiary/aromatic N) is 2. The van der Waals surface area contributed by atoms with Crippen LogP contribution in [0.2, 0.25) is 0 Å². The smallest absolute Gasteiger partial charge is 0.269 e. The van der Waals surface area contributed by atoms with Gasteiger partial charge in [-0.1, -0.05) is 6.07 Å². The average molecular weight is 248 g/mol. The van der Waals surface area contributed by atoms with Crippen molar-refractivity contribution < 1.29 is 9.18 Å². The maximum absolute atomic E-state index is 13.7. The Morgan fingerprint density at radius 3 is 2.72 bits per heavy atom. The zero-order chi connectivity index (χ0) is 13.3.